The summed E-state index contributed by atoms with van der Waals surface area (Å²) in [7, 11) is 0. The molecule has 3 N–H and O–H groups in total. The fourth-order valence-corrected chi connectivity index (χ4v) is 2.01. The average Bonchev–Trinajstić information content (AvgIpc) is 2.40. The van der Waals surface area contributed by atoms with Gasteiger partial charge in [0.2, 0.25) is 0 Å². The Morgan fingerprint density at radius 1 is 1.05 bits per heavy atom. The molecule has 0 aliphatic heterocycles. The van der Waals surface area contributed by atoms with E-state index in [-0.39, 0.29) is 5.56 Å². The first kappa shape index (κ1) is 13.9. The van der Waals surface area contributed by atoms with Gasteiger partial charge in [-0.15, -0.1) is 0 Å². The van der Waals surface area contributed by atoms with E-state index in [1.165, 1.54) is 0 Å². The Morgan fingerprint density at radius 2 is 1.79 bits per heavy atom. The third-order valence-electron chi connectivity index (χ3n) is 2.72. The van der Waals surface area contributed by atoms with Crippen molar-refractivity contribution in [1.29, 1.82) is 0 Å². The van der Waals surface area contributed by atoms with Gasteiger partial charge in [-0.1, -0.05) is 29.8 Å². The Hall–Kier alpha value is -1.56. The van der Waals surface area contributed by atoms with E-state index >= 15 is 0 Å². The lowest BCUT2D eigenvalue weighted by Crippen LogP contribution is -2.29. The van der Waals surface area contributed by atoms with Crippen LogP contribution in [-0.2, 0) is 0 Å². The highest BCUT2D eigenvalue weighted by atomic mass is 35.5. The fraction of sp³-hybridized carbons (Fsp3) is 0.0769. The van der Waals surface area contributed by atoms with Crippen molar-refractivity contribution in [1.82, 2.24) is 5.43 Å². The minimum atomic E-state index is -1.53. The molecule has 0 saturated heterocycles. The van der Waals surface area contributed by atoms with Crippen molar-refractivity contribution in [2.75, 3.05) is 0 Å². The van der Waals surface area contributed by atoms with E-state index in [1.54, 1.807) is 24.3 Å². The zero-order chi connectivity index (χ0) is 14.0. The van der Waals surface area contributed by atoms with E-state index in [0.717, 1.165) is 12.1 Å². The van der Waals surface area contributed by atoms with Crippen LogP contribution in [0.3, 0.4) is 0 Å². The molecule has 0 aliphatic carbocycles. The van der Waals surface area contributed by atoms with E-state index < -0.39 is 23.5 Å². The number of rotatable bonds is 3. The molecule has 0 spiro atoms. The monoisotopic (exact) mass is 286 g/mol. The van der Waals surface area contributed by atoms with Gasteiger partial charge in [0, 0.05) is 10.6 Å². The average molecular weight is 287 g/mol. The van der Waals surface area contributed by atoms with Gasteiger partial charge in [-0.3, -0.25) is 5.84 Å². The molecule has 100 valence electrons. The van der Waals surface area contributed by atoms with Crippen LogP contribution in [0, 0.1) is 17.5 Å². The quantitative estimate of drug-likeness (QED) is 0.516. The van der Waals surface area contributed by atoms with Crippen LogP contribution in [0.1, 0.15) is 17.2 Å². The third kappa shape index (κ3) is 2.73. The second-order valence-corrected chi connectivity index (χ2v) is 4.36. The molecule has 1 atom stereocenters. The molecule has 0 amide bonds. The first-order valence-corrected chi connectivity index (χ1v) is 5.77. The van der Waals surface area contributed by atoms with E-state index in [0.29, 0.717) is 10.6 Å². The second kappa shape index (κ2) is 5.61. The summed E-state index contributed by atoms with van der Waals surface area (Å²) in [5, 5.41) is 0.431. The smallest absolute Gasteiger partial charge is 0.194 e. The highest BCUT2D eigenvalue weighted by molar-refractivity contribution is 6.30. The number of nitrogens with one attached hydrogen (secondary N) is 1. The standard InChI is InChI=1S/C13H10ClF3N2/c14-8-3-1-2-7(6-8)13(19-18)9-4-5-10(15)12(17)11(9)16/h1-6,13,19H,18H2. The first-order valence-electron chi connectivity index (χ1n) is 5.39. The molecule has 0 radical (unpaired) electrons. The molecular weight excluding hydrogens is 277 g/mol. The number of nitrogens with two attached hydrogens (primary N) is 1. The van der Waals surface area contributed by atoms with Crippen molar-refractivity contribution in [3.63, 3.8) is 0 Å². The molecular formula is C13H10ClF3N2. The Bertz CT molecular complexity index is 604. The summed E-state index contributed by atoms with van der Waals surface area (Å²) in [6.07, 6.45) is 0. The van der Waals surface area contributed by atoms with Gasteiger partial charge in [-0.05, 0) is 23.8 Å². The number of hydrazine groups is 1. The Kier molecular flexibility index (Phi) is 4.09. The minimum Gasteiger partial charge on any atom is -0.271 e. The maximum atomic E-state index is 13.7. The van der Waals surface area contributed by atoms with E-state index in [2.05, 4.69) is 5.43 Å². The van der Waals surface area contributed by atoms with Gasteiger partial charge in [0.25, 0.3) is 0 Å². The van der Waals surface area contributed by atoms with Crippen LogP contribution in [-0.4, -0.2) is 0 Å². The first-order chi connectivity index (χ1) is 9.04. The van der Waals surface area contributed by atoms with Gasteiger partial charge < -0.3 is 0 Å². The lowest BCUT2D eigenvalue weighted by molar-refractivity contribution is 0.433. The van der Waals surface area contributed by atoms with Crippen LogP contribution in [0.5, 0.6) is 0 Å². The summed E-state index contributed by atoms with van der Waals surface area (Å²) in [6, 6.07) is 7.67. The molecule has 2 aromatic carbocycles. The fourth-order valence-electron chi connectivity index (χ4n) is 1.82. The molecule has 0 aromatic heterocycles. The van der Waals surface area contributed by atoms with Crippen molar-refractivity contribution >= 4 is 11.6 Å². The highest BCUT2D eigenvalue weighted by Crippen LogP contribution is 2.27. The molecule has 0 saturated carbocycles. The van der Waals surface area contributed by atoms with Crippen molar-refractivity contribution in [2.24, 2.45) is 5.84 Å². The predicted octanol–water partition coefficient (Wildman–Crippen LogP) is 3.31. The molecule has 0 heterocycles. The van der Waals surface area contributed by atoms with Gasteiger partial charge in [-0.25, -0.2) is 18.6 Å². The number of hydrogen-bond donors (Lipinski definition) is 2. The Morgan fingerprint density at radius 3 is 2.42 bits per heavy atom. The zero-order valence-corrected chi connectivity index (χ0v) is 10.4. The van der Waals surface area contributed by atoms with Crippen LogP contribution >= 0.6 is 11.6 Å². The third-order valence-corrected chi connectivity index (χ3v) is 2.96. The molecule has 0 fully saturated rings. The van der Waals surface area contributed by atoms with Gasteiger partial charge in [-0.2, -0.15) is 0 Å². The number of hydrogen-bond acceptors (Lipinski definition) is 2. The maximum absolute atomic E-state index is 13.7. The summed E-state index contributed by atoms with van der Waals surface area (Å²) < 4.78 is 39.9. The van der Waals surface area contributed by atoms with Gasteiger partial charge in [0.05, 0.1) is 6.04 Å². The molecule has 2 nitrogen and oxygen atoms in total. The Balaban J connectivity index is 2.51. The minimum absolute atomic E-state index is 0.0938. The summed E-state index contributed by atoms with van der Waals surface area (Å²) in [4.78, 5) is 0. The van der Waals surface area contributed by atoms with Crippen LogP contribution in [0.4, 0.5) is 13.2 Å². The van der Waals surface area contributed by atoms with Crippen molar-refractivity contribution in [3.8, 4) is 0 Å². The molecule has 2 aromatic rings. The second-order valence-electron chi connectivity index (χ2n) is 3.92. The van der Waals surface area contributed by atoms with E-state index in [1.807, 2.05) is 0 Å². The topological polar surface area (TPSA) is 38.0 Å². The highest BCUT2D eigenvalue weighted by Gasteiger charge is 2.21. The molecule has 0 aliphatic rings. The molecule has 2 rings (SSSR count). The Labute approximate surface area is 113 Å². The summed E-state index contributed by atoms with van der Waals surface area (Å²) >= 11 is 5.83. The number of halogens is 4. The van der Waals surface area contributed by atoms with Crippen molar-refractivity contribution in [3.05, 3.63) is 70.0 Å². The van der Waals surface area contributed by atoms with E-state index in [4.69, 9.17) is 17.4 Å². The largest absolute Gasteiger partial charge is 0.271 e. The summed E-state index contributed by atoms with van der Waals surface area (Å²) in [5.74, 6) is 1.32. The summed E-state index contributed by atoms with van der Waals surface area (Å²) in [6.45, 7) is 0. The van der Waals surface area contributed by atoms with Gasteiger partial charge >= 0.3 is 0 Å². The van der Waals surface area contributed by atoms with Crippen molar-refractivity contribution in [2.45, 2.75) is 6.04 Å². The normalized spacial score (nSPS) is 12.5. The SMILES string of the molecule is NNC(c1cccc(Cl)c1)c1ccc(F)c(F)c1F. The van der Waals surface area contributed by atoms with Crippen LogP contribution in [0.15, 0.2) is 36.4 Å². The van der Waals surface area contributed by atoms with Gasteiger partial charge in [0.1, 0.15) is 0 Å². The number of benzene rings is 2. The molecule has 1 unspecified atom stereocenters. The van der Waals surface area contributed by atoms with Crippen LogP contribution in [0.2, 0.25) is 5.02 Å². The molecule has 6 heteroatoms. The lowest BCUT2D eigenvalue weighted by atomic mass is 9.98. The van der Waals surface area contributed by atoms with Gasteiger partial charge in [0.15, 0.2) is 17.5 Å². The van der Waals surface area contributed by atoms with Crippen LogP contribution in [0.25, 0.3) is 0 Å². The summed E-state index contributed by atoms with van der Waals surface area (Å²) in [5.41, 5.74) is 2.81. The molecule has 19 heavy (non-hydrogen) atoms. The lowest BCUT2D eigenvalue weighted by Gasteiger charge is -2.18. The maximum Gasteiger partial charge on any atom is 0.194 e. The van der Waals surface area contributed by atoms with Crippen molar-refractivity contribution < 1.29 is 13.2 Å². The van der Waals surface area contributed by atoms with Crippen LogP contribution < -0.4 is 11.3 Å². The predicted molar refractivity (Wildman–Crippen MR) is 66.9 cm³/mol. The zero-order valence-electron chi connectivity index (χ0n) is 9.63. The van der Waals surface area contributed by atoms with E-state index in [9.17, 15) is 13.2 Å². The molecule has 0 bridgehead atoms.